The molecule has 1 saturated heterocycles. The normalized spacial score (nSPS) is 34.0. The molecule has 0 bridgehead atoms. The smallest absolute Gasteiger partial charge is 0.0733 e. The third-order valence-corrected chi connectivity index (χ3v) is 1.76. The molecule has 2 nitrogen and oxygen atoms in total. The van der Waals surface area contributed by atoms with E-state index in [-0.39, 0.29) is 12.4 Å². The van der Waals surface area contributed by atoms with Gasteiger partial charge in [0.2, 0.25) is 0 Å². The fourth-order valence-electron chi connectivity index (χ4n) is 1.16. The predicted octanol–water partition coefficient (Wildman–Crippen LogP) is 0.805. The minimum Gasteiger partial charge on any atom is -0.380 e. The second-order valence-corrected chi connectivity index (χ2v) is 2.31. The zero-order valence-electron chi connectivity index (χ0n) is 5.89. The van der Waals surface area contributed by atoms with Gasteiger partial charge in [0, 0.05) is 13.2 Å². The summed E-state index contributed by atoms with van der Waals surface area (Å²) in [5.41, 5.74) is 0. The van der Waals surface area contributed by atoms with E-state index in [9.17, 15) is 0 Å². The third kappa shape index (κ3) is 2.12. The molecule has 0 aromatic heterocycles. The maximum absolute atomic E-state index is 5.16. The van der Waals surface area contributed by atoms with Crippen LogP contribution in [-0.2, 0) is 4.74 Å². The van der Waals surface area contributed by atoms with Crippen molar-refractivity contribution in [1.82, 2.24) is 5.32 Å². The van der Waals surface area contributed by atoms with Crippen molar-refractivity contribution in [2.24, 2.45) is 0 Å². The number of rotatable bonds is 1. The molecule has 1 fully saturated rings. The highest BCUT2D eigenvalue weighted by molar-refractivity contribution is 5.85. The molecule has 1 aliphatic rings. The highest BCUT2D eigenvalue weighted by atomic mass is 35.5. The van der Waals surface area contributed by atoms with Crippen molar-refractivity contribution in [3.05, 3.63) is 0 Å². The Bertz CT molecular complexity index is 79.5. The minimum absolute atomic E-state index is 0. The molecule has 0 radical (unpaired) electrons. The molecule has 0 amide bonds. The molecule has 3 heteroatoms. The quantitative estimate of drug-likeness (QED) is 0.599. The van der Waals surface area contributed by atoms with Gasteiger partial charge < -0.3 is 10.1 Å². The van der Waals surface area contributed by atoms with Crippen molar-refractivity contribution in [3.8, 4) is 0 Å². The molecule has 0 spiro atoms. The van der Waals surface area contributed by atoms with Gasteiger partial charge in [-0.05, 0) is 19.9 Å². The predicted molar refractivity (Wildman–Crippen MR) is 40.1 cm³/mol. The van der Waals surface area contributed by atoms with Crippen molar-refractivity contribution in [3.63, 3.8) is 0 Å². The van der Waals surface area contributed by atoms with Crippen LogP contribution in [0.2, 0.25) is 0 Å². The zero-order valence-corrected chi connectivity index (χ0v) is 6.70. The zero-order chi connectivity index (χ0) is 5.98. The molecule has 56 valence electrons. The number of hydrogen-bond acceptors (Lipinski definition) is 2. The van der Waals surface area contributed by atoms with Gasteiger partial charge in [-0.3, -0.25) is 0 Å². The fraction of sp³-hybridized carbons (Fsp3) is 1.00. The molecular formula is C6H14ClNO. The number of methoxy groups -OCH3 is 1. The number of halogens is 1. The summed E-state index contributed by atoms with van der Waals surface area (Å²) < 4.78 is 5.16. The van der Waals surface area contributed by atoms with Gasteiger partial charge in [0.05, 0.1) is 6.10 Å². The van der Waals surface area contributed by atoms with Gasteiger partial charge in [0.15, 0.2) is 0 Å². The first kappa shape index (κ1) is 9.21. The summed E-state index contributed by atoms with van der Waals surface area (Å²) in [7, 11) is 1.77. The molecule has 0 aromatic carbocycles. The van der Waals surface area contributed by atoms with E-state index < -0.39 is 0 Å². The highest BCUT2D eigenvalue weighted by Crippen LogP contribution is 2.08. The number of ether oxygens (including phenoxy) is 1. The molecule has 1 heterocycles. The molecule has 1 aliphatic heterocycles. The van der Waals surface area contributed by atoms with Crippen LogP contribution in [0.4, 0.5) is 0 Å². The van der Waals surface area contributed by atoms with Crippen LogP contribution in [0, 0.1) is 0 Å². The van der Waals surface area contributed by atoms with Gasteiger partial charge in [-0.25, -0.2) is 0 Å². The van der Waals surface area contributed by atoms with Crippen molar-refractivity contribution in [2.45, 2.75) is 25.5 Å². The van der Waals surface area contributed by atoms with Crippen LogP contribution in [0.3, 0.4) is 0 Å². The van der Waals surface area contributed by atoms with E-state index in [0.717, 1.165) is 13.0 Å². The Morgan fingerprint density at radius 2 is 2.22 bits per heavy atom. The van der Waals surface area contributed by atoms with E-state index in [1.807, 2.05) is 0 Å². The highest BCUT2D eigenvalue weighted by Gasteiger charge is 2.21. The average molecular weight is 152 g/mol. The molecule has 0 unspecified atom stereocenters. The molecule has 2 atom stereocenters. The molecule has 0 aliphatic carbocycles. The van der Waals surface area contributed by atoms with Crippen LogP contribution in [0.15, 0.2) is 0 Å². The topological polar surface area (TPSA) is 21.3 Å². The SMILES string of the molecule is CO[C@@H]1CCN[C@@H]1C.Cl. The first-order chi connectivity index (χ1) is 3.84. The number of nitrogens with one attached hydrogen (secondary N) is 1. The van der Waals surface area contributed by atoms with Gasteiger partial charge in [-0.1, -0.05) is 0 Å². The van der Waals surface area contributed by atoms with Crippen molar-refractivity contribution < 1.29 is 4.74 Å². The van der Waals surface area contributed by atoms with Crippen molar-refractivity contribution in [2.75, 3.05) is 13.7 Å². The molecule has 1 rings (SSSR count). The lowest BCUT2D eigenvalue weighted by Crippen LogP contribution is -2.27. The lowest BCUT2D eigenvalue weighted by Gasteiger charge is -2.11. The molecular weight excluding hydrogens is 138 g/mol. The van der Waals surface area contributed by atoms with Gasteiger partial charge >= 0.3 is 0 Å². The maximum Gasteiger partial charge on any atom is 0.0733 e. The minimum atomic E-state index is 0. The Morgan fingerprint density at radius 3 is 2.44 bits per heavy atom. The Kier molecular flexibility index (Phi) is 4.19. The standard InChI is InChI=1S/C6H13NO.ClH/c1-5-6(8-2)3-4-7-5;/h5-7H,3-4H2,1-2H3;1H/t5-,6-;/m1./s1. The molecule has 9 heavy (non-hydrogen) atoms. The van der Waals surface area contributed by atoms with Gasteiger partial charge in [0.1, 0.15) is 0 Å². The summed E-state index contributed by atoms with van der Waals surface area (Å²) in [6, 6.07) is 0.556. The molecule has 0 aromatic rings. The van der Waals surface area contributed by atoms with Crippen LogP contribution < -0.4 is 5.32 Å². The summed E-state index contributed by atoms with van der Waals surface area (Å²) in [5, 5.41) is 3.30. The maximum atomic E-state index is 5.16. The van der Waals surface area contributed by atoms with E-state index in [0.29, 0.717) is 12.1 Å². The van der Waals surface area contributed by atoms with E-state index in [2.05, 4.69) is 12.2 Å². The monoisotopic (exact) mass is 151 g/mol. The first-order valence-electron chi connectivity index (χ1n) is 3.11. The third-order valence-electron chi connectivity index (χ3n) is 1.76. The van der Waals surface area contributed by atoms with Gasteiger partial charge in [0.25, 0.3) is 0 Å². The Hall–Kier alpha value is 0.210. The first-order valence-corrected chi connectivity index (χ1v) is 3.11. The summed E-state index contributed by atoms with van der Waals surface area (Å²) in [6.07, 6.45) is 1.62. The summed E-state index contributed by atoms with van der Waals surface area (Å²) >= 11 is 0. The van der Waals surface area contributed by atoms with Crippen LogP contribution >= 0.6 is 12.4 Å². The average Bonchev–Trinajstić information content (AvgIpc) is 2.14. The van der Waals surface area contributed by atoms with Crippen LogP contribution in [-0.4, -0.2) is 25.8 Å². The molecule has 0 saturated carbocycles. The number of hydrogen-bond donors (Lipinski definition) is 1. The second-order valence-electron chi connectivity index (χ2n) is 2.31. The van der Waals surface area contributed by atoms with E-state index >= 15 is 0 Å². The lowest BCUT2D eigenvalue weighted by atomic mass is 10.2. The van der Waals surface area contributed by atoms with E-state index in [1.54, 1.807) is 7.11 Å². The van der Waals surface area contributed by atoms with E-state index in [4.69, 9.17) is 4.74 Å². The van der Waals surface area contributed by atoms with Crippen LogP contribution in [0.5, 0.6) is 0 Å². The van der Waals surface area contributed by atoms with Crippen molar-refractivity contribution >= 4 is 12.4 Å². The largest absolute Gasteiger partial charge is 0.380 e. The van der Waals surface area contributed by atoms with Crippen LogP contribution in [0.1, 0.15) is 13.3 Å². The second kappa shape index (κ2) is 4.09. The van der Waals surface area contributed by atoms with Gasteiger partial charge in [-0.15, -0.1) is 12.4 Å². The lowest BCUT2D eigenvalue weighted by molar-refractivity contribution is 0.0968. The fourth-order valence-corrected chi connectivity index (χ4v) is 1.16. The van der Waals surface area contributed by atoms with Crippen LogP contribution in [0.25, 0.3) is 0 Å². The summed E-state index contributed by atoms with van der Waals surface area (Å²) in [6.45, 7) is 3.26. The Labute approximate surface area is 62.4 Å². The van der Waals surface area contributed by atoms with E-state index in [1.165, 1.54) is 0 Å². The molecule has 1 N–H and O–H groups in total. The van der Waals surface area contributed by atoms with Gasteiger partial charge in [-0.2, -0.15) is 0 Å². The Balaban J connectivity index is 0.000000640. The summed E-state index contributed by atoms with van der Waals surface area (Å²) in [5.74, 6) is 0. The van der Waals surface area contributed by atoms with Crippen molar-refractivity contribution in [1.29, 1.82) is 0 Å². The Morgan fingerprint density at radius 1 is 1.56 bits per heavy atom. The summed E-state index contributed by atoms with van der Waals surface area (Å²) in [4.78, 5) is 0.